The molecule has 0 aliphatic rings. The number of nitrogens with zero attached hydrogens (tertiary/aromatic N) is 2. The second kappa shape index (κ2) is 5.28. The fraction of sp³-hybridized carbons (Fsp3) is 0.556. The normalized spacial score (nSPS) is 12.4. The van der Waals surface area contributed by atoms with E-state index in [1.165, 1.54) is 0 Å². The second-order valence-corrected chi connectivity index (χ2v) is 3.99. The molecule has 0 radical (unpaired) electrons. The van der Waals surface area contributed by atoms with Crippen molar-refractivity contribution >= 4 is 17.7 Å². The van der Waals surface area contributed by atoms with Crippen molar-refractivity contribution in [1.29, 1.82) is 0 Å². The van der Waals surface area contributed by atoms with Crippen molar-refractivity contribution in [2.45, 2.75) is 26.3 Å². The molecule has 0 saturated heterocycles. The number of aliphatic carboxylic acids is 1. The van der Waals surface area contributed by atoms with Crippen LogP contribution in [0, 0.1) is 5.92 Å². The zero-order valence-electron chi connectivity index (χ0n) is 9.51. The maximum absolute atomic E-state index is 11.6. The molecule has 8 heteroatoms. The molecule has 0 fully saturated rings. The SMILES string of the molecule is CC(C)C[C@H](NC(=O)c1nonc1N)C(=O)O. The van der Waals surface area contributed by atoms with Gasteiger partial charge in [-0.15, -0.1) is 0 Å². The Kier molecular flexibility index (Phi) is 4.02. The smallest absolute Gasteiger partial charge is 0.326 e. The largest absolute Gasteiger partial charge is 0.480 e. The first-order valence-corrected chi connectivity index (χ1v) is 5.03. The third kappa shape index (κ3) is 3.44. The van der Waals surface area contributed by atoms with E-state index < -0.39 is 17.9 Å². The third-order valence-corrected chi connectivity index (χ3v) is 2.04. The monoisotopic (exact) mass is 242 g/mol. The van der Waals surface area contributed by atoms with Crippen molar-refractivity contribution in [3.63, 3.8) is 0 Å². The molecule has 0 aliphatic carbocycles. The minimum atomic E-state index is -1.11. The Labute approximate surface area is 97.1 Å². The van der Waals surface area contributed by atoms with E-state index in [2.05, 4.69) is 20.3 Å². The van der Waals surface area contributed by atoms with Crippen LogP contribution in [0.25, 0.3) is 0 Å². The fourth-order valence-electron chi connectivity index (χ4n) is 1.27. The van der Waals surface area contributed by atoms with Crippen LogP contribution in [0.2, 0.25) is 0 Å². The maximum Gasteiger partial charge on any atom is 0.326 e. The van der Waals surface area contributed by atoms with Gasteiger partial charge in [0.25, 0.3) is 5.91 Å². The second-order valence-electron chi connectivity index (χ2n) is 3.99. The molecule has 0 bridgehead atoms. The van der Waals surface area contributed by atoms with Gasteiger partial charge in [-0.1, -0.05) is 13.8 Å². The minimum Gasteiger partial charge on any atom is -0.480 e. The molecule has 1 amide bonds. The first-order chi connectivity index (χ1) is 7.91. The Morgan fingerprint density at radius 2 is 2.12 bits per heavy atom. The van der Waals surface area contributed by atoms with Gasteiger partial charge in [0.05, 0.1) is 0 Å². The predicted octanol–water partition coefficient (Wildman–Crippen LogP) is -0.119. The fourth-order valence-corrected chi connectivity index (χ4v) is 1.27. The van der Waals surface area contributed by atoms with Gasteiger partial charge in [0, 0.05) is 0 Å². The molecule has 1 heterocycles. The predicted molar refractivity (Wildman–Crippen MR) is 57.1 cm³/mol. The van der Waals surface area contributed by atoms with E-state index in [0.29, 0.717) is 6.42 Å². The van der Waals surface area contributed by atoms with Crippen LogP contribution in [0.5, 0.6) is 0 Å². The number of nitrogens with two attached hydrogens (primary N) is 1. The van der Waals surface area contributed by atoms with Gasteiger partial charge in [-0.2, -0.15) is 0 Å². The van der Waals surface area contributed by atoms with Crippen molar-refractivity contribution in [2.24, 2.45) is 5.92 Å². The molecule has 94 valence electrons. The highest BCUT2D eigenvalue weighted by atomic mass is 16.6. The average Bonchev–Trinajstić information content (AvgIpc) is 2.62. The Morgan fingerprint density at radius 3 is 2.53 bits per heavy atom. The Hall–Kier alpha value is -2.12. The highest BCUT2D eigenvalue weighted by Crippen LogP contribution is 2.08. The number of hydrogen-bond acceptors (Lipinski definition) is 6. The van der Waals surface area contributed by atoms with E-state index >= 15 is 0 Å². The number of anilines is 1. The molecule has 17 heavy (non-hydrogen) atoms. The molecule has 1 aromatic heterocycles. The topological polar surface area (TPSA) is 131 Å². The molecule has 0 unspecified atom stereocenters. The van der Waals surface area contributed by atoms with Crippen molar-refractivity contribution in [3.8, 4) is 0 Å². The molecule has 0 aromatic carbocycles. The van der Waals surface area contributed by atoms with Gasteiger partial charge in [-0.3, -0.25) is 4.79 Å². The molecular weight excluding hydrogens is 228 g/mol. The summed E-state index contributed by atoms with van der Waals surface area (Å²) in [5.41, 5.74) is 5.11. The number of carbonyl (C=O) groups is 2. The van der Waals surface area contributed by atoms with Gasteiger partial charge in [0.1, 0.15) is 6.04 Å². The molecular formula is C9H14N4O4. The number of aromatic nitrogens is 2. The van der Waals surface area contributed by atoms with Crippen molar-refractivity contribution < 1.29 is 19.3 Å². The van der Waals surface area contributed by atoms with E-state index in [1.807, 2.05) is 13.8 Å². The number of carboxylic acid groups (broad SMARTS) is 1. The summed E-state index contributed by atoms with van der Waals surface area (Å²) < 4.78 is 4.26. The number of carboxylic acids is 1. The zero-order chi connectivity index (χ0) is 13.0. The summed E-state index contributed by atoms with van der Waals surface area (Å²) in [7, 11) is 0. The van der Waals surface area contributed by atoms with Gasteiger partial charge in [-0.05, 0) is 22.7 Å². The molecule has 4 N–H and O–H groups in total. The van der Waals surface area contributed by atoms with Crippen molar-refractivity contribution in [2.75, 3.05) is 5.73 Å². The van der Waals surface area contributed by atoms with Crippen molar-refractivity contribution in [3.05, 3.63) is 5.69 Å². The number of nitrogen functional groups attached to an aromatic ring is 1. The van der Waals surface area contributed by atoms with E-state index in [-0.39, 0.29) is 17.4 Å². The molecule has 1 aromatic rings. The van der Waals surface area contributed by atoms with Gasteiger partial charge < -0.3 is 16.2 Å². The van der Waals surface area contributed by atoms with Gasteiger partial charge in [0.15, 0.2) is 0 Å². The standard InChI is InChI=1S/C9H14N4O4/c1-4(2)3-5(9(15)16)11-8(14)6-7(10)13-17-12-6/h4-5H,3H2,1-2H3,(H2,10,13)(H,11,14)(H,15,16)/t5-/m0/s1. The highest BCUT2D eigenvalue weighted by molar-refractivity contribution is 5.98. The summed E-state index contributed by atoms with van der Waals surface area (Å²) in [5.74, 6) is -1.86. The summed E-state index contributed by atoms with van der Waals surface area (Å²) in [6.07, 6.45) is 0.312. The summed E-state index contributed by atoms with van der Waals surface area (Å²) in [6, 6.07) is -0.987. The summed E-state index contributed by atoms with van der Waals surface area (Å²) in [6.45, 7) is 3.71. The molecule has 8 nitrogen and oxygen atoms in total. The number of amides is 1. The molecule has 0 aliphatic heterocycles. The Bertz CT molecular complexity index is 415. The minimum absolute atomic E-state index is 0.129. The van der Waals surface area contributed by atoms with Crippen LogP contribution in [-0.2, 0) is 4.79 Å². The van der Waals surface area contributed by atoms with Crippen LogP contribution in [0.1, 0.15) is 30.8 Å². The van der Waals surface area contributed by atoms with Crippen molar-refractivity contribution in [1.82, 2.24) is 15.6 Å². The van der Waals surface area contributed by atoms with E-state index in [4.69, 9.17) is 10.8 Å². The molecule has 1 rings (SSSR count). The Balaban J connectivity index is 2.71. The number of hydrogen-bond donors (Lipinski definition) is 3. The van der Waals surface area contributed by atoms with E-state index in [0.717, 1.165) is 0 Å². The lowest BCUT2D eigenvalue weighted by Crippen LogP contribution is -2.42. The first kappa shape index (κ1) is 12.9. The molecule has 0 spiro atoms. The lowest BCUT2D eigenvalue weighted by Gasteiger charge is -2.15. The highest BCUT2D eigenvalue weighted by Gasteiger charge is 2.24. The number of rotatable bonds is 5. The maximum atomic E-state index is 11.6. The molecule has 0 saturated carbocycles. The Morgan fingerprint density at radius 1 is 1.47 bits per heavy atom. The van der Waals surface area contributed by atoms with Crippen LogP contribution in [0.4, 0.5) is 5.82 Å². The van der Waals surface area contributed by atoms with Gasteiger partial charge in [-0.25, -0.2) is 9.42 Å². The lowest BCUT2D eigenvalue weighted by atomic mass is 10.0. The van der Waals surface area contributed by atoms with Crippen LogP contribution < -0.4 is 11.1 Å². The molecule has 1 atom stereocenters. The first-order valence-electron chi connectivity index (χ1n) is 5.03. The van der Waals surface area contributed by atoms with Gasteiger partial charge >= 0.3 is 5.97 Å². The number of nitrogens with one attached hydrogen (secondary N) is 1. The van der Waals surface area contributed by atoms with Crippen LogP contribution in [-0.4, -0.2) is 33.3 Å². The lowest BCUT2D eigenvalue weighted by molar-refractivity contribution is -0.139. The zero-order valence-corrected chi connectivity index (χ0v) is 9.51. The summed E-state index contributed by atoms with van der Waals surface area (Å²) in [5, 5.41) is 17.8. The van der Waals surface area contributed by atoms with Crippen LogP contribution >= 0.6 is 0 Å². The van der Waals surface area contributed by atoms with Crippen LogP contribution in [0.15, 0.2) is 4.63 Å². The quantitative estimate of drug-likeness (QED) is 0.655. The van der Waals surface area contributed by atoms with E-state index in [9.17, 15) is 9.59 Å². The number of carbonyl (C=O) groups excluding carboxylic acids is 1. The van der Waals surface area contributed by atoms with E-state index in [1.54, 1.807) is 0 Å². The van der Waals surface area contributed by atoms with Gasteiger partial charge in [0.2, 0.25) is 11.5 Å². The summed E-state index contributed by atoms with van der Waals surface area (Å²) in [4.78, 5) is 22.5. The van der Waals surface area contributed by atoms with Crippen LogP contribution in [0.3, 0.4) is 0 Å². The summed E-state index contributed by atoms with van der Waals surface area (Å²) >= 11 is 0. The third-order valence-electron chi connectivity index (χ3n) is 2.04. The average molecular weight is 242 g/mol.